The van der Waals surface area contributed by atoms with Crippen LogP contribution in [0.4, 0.5) is 8.78 Å². The molecule has 0 radical (unpaired) electrons. The maximum absolute atomic E-state index is 14.4. The van der Waals surface area contributed by atoms with Gasteiger partial charge in [-0.2, -0.15) is 8.78 Å². The number of piperazine rings is 1. The number of halogens is 3. The van der Waals surface area contributed by atoms with Crippen molar-refractivity contribution in [2.45, 2.75) is 62.8 Å². The topological polar surface area (TPSA) is 80.3 Å². The normalized spacial score (nSPS) is 22.9. The number of nitrogens with zero attached hydrogens (tertiary/aromatic N) is 4. The van der Waals surface area contributed by atoms with Gasteiger partial charge in [-0.05, 0) is 51.6 Å². The van der Waals surface area contributed by atoms with Crippen LogP contribution >= 0.6 is 23.4 Å². The van der Waals surface area contributed by atoms with E-state index in [1.165, 1.54) is 11.8 Å². The van der Waals surface area contributed by atoms with Gasteiger partial charge in [-0.1, -0.05) is 23.4 Å². The highest BCUT2D eigenvalue weighted by Gasteiger charge is 2.48. The van der Waals surface area contributed by atoms with Gasteiger partial charge in [-0.15, -0.1) is 0 Å². The van der Waals surface area contributed by atoms with Crippen LogP contribution in [0.3, 0.4) is 0 Å². The molecule has 3 heterocycles. The van der Waals surface area contributed by atoms with Crippen LogP contribution in [0, 0.1) is 0 Å². The third-order valence-corrected chi connectivity index (χ3v) is 7.53. The van der Waals surface area contributed by atoms with Gasteiger partial charge in [0.1, 0.15) is 11.4 Å². The van der Waals surface area contributed by atoms with Crippen LogP contribution < -0.4 is 4.74 Å². The Balaban J connectivity index is 1.18. The zero-order chi connectivity index (χ0) is 27.2. The van der Waals surface area contributed by atoms with Gasteiger partial charge < -0.3 is 19.1 Å². The second-order valence-corrected chi connectivity index (χ2v) is 11.7. The standard InChI is InChI=1S/C26H31ClF2N4O4S/c1-25(2,3)37-23-22(36-23)33-11-9-32(10-12-33)19(34)14-35-18-6-5-15(13-17(18)27)20-16-7-8-26(28,29)21(16)31-24(30-20)38-4/h5-6,13,22-23H,7-12,14H2,1-4H3. The van der Waals surface area contributed by atoms with Crippen LogP contribution in [0.2, 0.25) is 5.02 Å². The summed E-state index contributed by atoms with van der Waals surface area (Å²) in [5, 5.41) is 0.562. The summed E-state index contributed by atoms with van der Waals surface area (Å²) >= 11 is 7.68. The minimum absolute atomic E-state index is 0.0607. The summed E-state index contributed by atoms with van der Waals surface area (Å²) in [6, 6.07) is 5.00. The predicted octanol–water partition coefficient (Wildman–Crippen LogP) is 4.58. The van der Waals surface area contributed by atoms with Crippen molar-refractivity contribution in [2.24, 2.45) is 0 Å². The lowest BCUT2D eigenvalue weighted by molar-refractivity contribution is -0.135. The van der Waals surface area contributed by atoms with Gasteiger partial charge in [0.2, 0.25) is 0 Å². The number of aromatic nitrogens is 2. The number of epoxide rings is 1. The van der Waals surface area contributed by atoms with E-state index in [2.05, 4.69) is 14.9 Å². The largest absolute Gasteiger partial charge is 0.482 e. The molecule has 2 fully saturated rings. The summed E-state index contributed by atoms with van der Waals surface area (Å²) in [6.07, 6.45) is 1.37. The Morgan fingerprint density at radius 2 is 1.97 bits per heavy atom. The number of rotatable bonds is 7. The number of amides is 1. The molecule has 1 aliphatic carbocycles. The third-order valence-electron chi connectivity index (χ3n) is 6.69. The van der Waals surface area contributed by atoms with Gasteiger partial charge in [-0.25, -0.2) is 9.97 Å². The summed E-state index contributed by atoms with van der Waals surface area (Å²) in [5.74, 6) is -2.76. The van der Waals surface area contributed by atoms with Crippen molar-refractivity contribution in [3.05, 3.63) is 34.5 Å². The highest BCUT2D eigenvalue weighted by molar-refractivity contribution is 7.98. The number of ether oxygens (including phenoxy) is 3. The highest BCUT2D eigenvalue weighted by Crippen LogP contribution is 2.44. The van der Waals surface area contributed by atoms with E-state index in [4.69, 9.17) is 25.8 Å². The van der Waals surface area contributed by atoms with Crippen molar-refractivity contribution < 1.29 is 27.8 Å². The molecule has 3 aliphatic rings. The zero-order valence-corrected chi connectivity index (χ0v) is 23.4. The van der Waals surface area contributed by atoms with Crippen LogP contribution in [0.25, 0.3) is 11.3 Å². The lowest BCUT2D eigenvalue weighted by Gasteiger charge is -2.34. The second kappa shape index (κ2) is 10.5. The molecule has 12 heteroatoms. The number of thioether (sulfide) groups is 1. The number of alkyl halides is 2. The first-order valence-corrected chi connectivity index (χ1v) is 14.2. The van der Waals surface area contributed by atoms with Gasteiger partial charge in [0.05, 0.1) is 16.3 Å². The van der Waals surface area contributed by atoms with Crippen LogP contribution in [0.1, 0.15) is 38.4 Å². The zero-order valence-electron chi connectivity index (χ0n) is 21.8. The van der Waals surface area contributed by atoms with Crippen molar-refractivity contribution in [3.8, 4) is 17.0 Å². The van der Waals surface area contributed by atoms with Crippen molar-refractivity contribution in [2.75, 3.05) is 39.0 Å². The van der Waals surface area contributed by atoms with Crippen LogP contribution in [0.15, 0.2) is 23.4 Å². The number of hydrogen-bond donors (Lipinski definition) is 0. The van der Waals surface area contributed by atoms with E-state index in [0.29, 0.717) is 48.7 Å². The van der Waals surface area contributed by atoms with E-state index in [1.807, 2.05) is 20.8 Å². The van der Waals surface area contributed by atoms with E-state index in [-0.39, 0.29) is 59.3 Å². The Labute approximate surface area is 230 Å². The van der Waals surface area contributed by atoms with Gasteiger partial charge in [0.15, 0.2) is 24.3 Å². The molecule has 2 atom stereocenters. The molecule has 206 valence electrons. The van der Waals surface area contributed by atoms with Gasteiger partial charge in [0, 0.05) is 43.7 Å². The molecule has 2 unspecified atom stereocenters. The van der Waals surface area contributed by atoms with Crippen molar-refractivity contribution in [1.29, 1.82) is 0 Å². The van der Waals surface area contributed by atoms with Gasteiger partial charge >= 0.3 is 0 Å². The molecule has 38 heavy (non-hydrogen) atoms. The first-order chi connectivity index (χ1) is 17.9. The molecular formula is C26H31ClF2N4O4S. The quantitative estimate of drug-likeness (QED) is 0.273. The molecule has 2 aliphatic heterocycles. The smallest absolute Gasteiger partial charge is 0.290 e. The molecular weight excluding hydrogens is 538 g/mol. The first-order valence-electron chi connectivity index (χ1n) is 12.6. The fourth-order valence-electron chi connectivity index (χ4n) is 4.74. The lowest BCUT2D eigenvalue weighted by Crippen LogP contribution is -2.51. The SMILES string of the molecule is CSc1nc(-c2ccc(OCC(=O)N3CCN(C4OC4OC(C)(C)C)CC3)c(Cl)c2)c2c(n1)C(F)(F)CC2. The molecule has 8 nitrogen and oxygen atoms in total. The second-order valence-electron chi connectivity index (χ2n) is 10.6. The number of fused-ring (bicyclic) bond motifs is 1. The van der Waals surface area contributed by atoms with E-state index in [1.54, 1.807) is 29.4 Å². The monoisotopic (exact) mass is 568 g/mol. The molecule has 1 aromatic heterocycles. The predicted molar refractivity (Wildman–Crippen MR) is 140 cm³/mol. The Morgan fingerprint density at radius 3 is 2.63 bits per heavy atom. The molecule has 0 spiro atoms. The fourth-order valence-corrected chi connectivity index (χ4v) is 5.34. The minimum atomic E-state index is -2.97. The molecule has 0 saturated carbocycles. The van der Waals surface area contributed by atoms with E-state index >= 15 is 0 Å². The Morgan fingerprint density at radius 1 is 1.24 bits per heavy atom. The number of hydrogen-bond acceptors (Lipinski definition) is 8. The highest BCUT2D eigenvalue weighted by atomic mass is 35.5. The number of carbonyl (C=O) groups excluding carboxylic acids is 1. The first kappa shape index (κ1) is 27.5. The van der Waals surface area contributed by atoms with Crippen LogP contribution in [0.5, 0.6) is 5.75 Å². The average molecular weight is 569 g/mol. The van der Waals surface area contributed by atoms with Crippen LogP contribution in [-0.4, -0.2) is 82.8 Å². The third kappa shape index (κ3) is 5.91. The van der Waals surface area contributed by atoms with Crippen molar-refractivity contribution in [3.63, 3.8) is 0 Å². The molecule has 2 saturated heterocycles. The summed E-state index contributed by atoms with van der Waals surface area (Å²) in [4.78, 5) is 25.3. The lowest BCUT2D eigenvalue weighted by atomic mass is 10.1. The molecule has 1 amide bonds. The molecule has 5 rings (SSSR count). The Hall–Kier alpha value is -2.05. The summed E-state index contributed by atoms with van der Waals surface area (Å²) < 4.78 is 46.0. The maximum Gasteiger partial charge on any atom is 0.290 e. The van der Waals surface area contributed by atoms with Crippen LogP contribution in [-0.2, 0) is 26.6 Å². The molecule has 0 bridgehead atoms. The molecule has 2 aromatic rings. The van der Waals surface area contributed by atoms with E-state index < -0.39 is 5.92 Å². The van der Waals surface area contributed by atoms with Crippen molar-refractivity contribution >= 4 is 29.3 Å². The van der Waals surface area contributed by atoms with E-state index in [9.17, 15) is 13.6 Å². The number of benzene rings is 1. The number of carbonyl (C=O) groups is 1. The Kier molecular flexibility index (Phi) is 7.60. The Bertz CT molecular complexity index is 1220. The van der Waals surface area contributed by atoms with Gasteiger partial charge in [0.25, 0.3) is 11.8 Å². The maximum atomic E-state index is 14.4. The van der Waals surface area contributed by atoms with Gasteiger partial charge in [-0.3, -0.25) is 9.69 Å². The van der Waals surface area contributed by atoms with Crippen molar-refractivity contribution in [1.82, 2.24) is 19.8 Å². The molecule has 0 N–H and O–H groups in total. The fraction of sp³-hybridized carbons (Fsp3) is 0.577. The minimum Gasteiger partial charge on any atom is -0.482 e. The molecule has 1 aromatic carbocycles. The summed E-state index contributed by atoms with van der Waals surface area (Å²) in [5.41, 5.74) is 1.02. The average Bonchev–Trinajstić information content (AvgIpc) is 3.55. The summed E-state index contributed by atoms with van der Waals surface area (Å²) in [7, 11) is 0. The van der Waals surface area contributed by atoms with E-state index in [0.717, 1.165) is 0 Å². The summed E-state index contributed by atoms with van der Waals surface area (Å²) in [6.45, 7) is 8.34.